The molecule has 2 aliphatic heterocycles. The van der Waals surface area contributed by atoms with Crippen LogP contribution in [0.3, 0.4) is 0 Å². The van der Waals surface area contributed by atoms with Gasteiger partial charge in [-0.2, -0.15) is 0 Å². The maximum atomic E-state index is 5.72. The Morgan fingerprint density at radius 3 is 2.55 bits per heavy atom. The summed E-state index contributed by atoms with van der Waals surface area (Å²) in [4.78, 5) is 0. The molecule has 64 valence electrons. The van der Waals surface area contributed by atoms with Crippen LogP contribution in [0.2, 0.25) is 0 Å². The van der Waals surface area contributed by atoms with Gasteiger partial charge in [-0.1, -0.05) is 0 Å². The van der Waals surface area contributed by atoms with Crippen LogP contribution in [0, 0.1) is 0 Å². The van der Waals surface area contributed by atoms with Crippen LogP contribution in [-0.2, 0) is 9.47 Å². The quantitative estimate of drug-likeness (QED) is 0.575. The summed E-state index contributed by atoms with van der Waals surface area (Å²) >= 11 is 0. The SMILES string of the molecule is C[C@H]1CC[C@H]([C@@H]2CCCO2)O1. The summed E-state index contributed by atoms with van der Waals surface area (Å²) in [6.07, 6.45) is 6.13. The van der Waals surface area contributed by atoms with Crippen molar-refractivity contribution in [2.75, 3.05) is 6.61 Å². The minimum atomic E-state index is 0.410. The van der Waals surface area contributed by atoms with Gasteiger partial charge in [0.1, 0.15) is 0 Å². The molecule has 3 atom stereocenters. The lowest BCUT2D eigenvalue weighted by Crippen LogP contribution is -2.25. The van der Waals surface area contributed by atoms with Crippen molar-refractivity contribution in [2.24, 2.45) is 0 Å². The zero-order valence-electron chi connectivity index (χ0n) is 7.08. The molecule has 0 aromatic heterocycles. The molecule has 2 heterocycles. The average molecular weight is 156 g/mol. The maximum absolute atomic E-state index is 5.72. The molecule has 2 heteroatoms. The summed E-state index contributed by atoms with van der Waals surface area (Å²) in [5, 5.41) is 0. The average Bonchev–Trinajstić information content (AvgIpc) is 2.55. The van der Waals surface area contributed by atoms with E-state index >= 15 is 0 Å². The second-order valence-corrected chi connectivity index (χ2v) is 3.61. The Morgan fingerprint density at radius 1 is 1.09 bits per heavy atom. The molecule has 11 heavy (non-hydrogen) atoms. The highest BCUT2D eigenvalue weighted by Gasteiger charge is 2.31. The Labute approximate surface area is 67.9 Å². The molecule has 0 aromatic rings. The topological polar surface area (TPSA) is 18.5 Å². The fourth-order valence-electron chi connectivity index (χ4n) is 2.00. The van der Waals surface area contributed by atoms with Crippen molar-refractivity contribution >= 4 is 0 Å². The predicted octanol–water partition coefficient (Wildman–Crippen LogP) is 1.73. The van der Waals surface area contributed by atoms with E-state index in [1.54, 1.807) is 0 Å². The highest BCUT2D eigenvalue weighted by atomic mass is 16.6. The minimum absolute atomic E-state index is 0.410. The smallest absolute Gasteiger partial charge is 0.0841 e. The minimum Gasteiger partial charge on any atom is -0.376 e. The Hall–Kier alpha value is -0.0800. The van der Waals surface area contributed by atoms with Crippen molar-refractivity contribution in [3.05, 3.63) is 0 Å². The van der Waals surface area contributed by atoms with Crippen LogP contribution in [0.5, 0.6) is 0 Å². The summed E-state index contributed by atoms with van der Waals surface area (Å²) in [5.74, 6) is 0. The molecular weight excluding hydrogens is 140 g/mol. The maximum Gasteiger partial charge on any atom is 0.0841 e. The molecule has 0 N–H and O–H groups in total. The van der Waals surface area contributed by atoms with E-state index in [1.807, 2.05) is 0 Å². The molecule has 0 aromatic carbocycles. The summed E-state index contributed by atoms with van der Waals surface area (Å²) in [5.41, 5.74) is 0. The van der Waals surface area contributed by atoms with E-state index in [0.29, 0.717) is 18.3 Å². The van der Waals surface area contributed by atoms with Crippen LogP contribution in [0.1, 0.15) is 32.6 Å². The van der Waals surface area contributed by atoms with Gasteiger partial charge in [-0.05, 0) is 32.6 Å². The highest BCUT2D eigenvalue weighted by molar-refractivity contribution is 4.80. The summed E-state index contributed by atoms with van der Waals surface area (Å²) in [6.45, 7) is 3.09. The van der Waals surface area contributed by atoms with Crippen molar-refractivity contribution in [3.8, 4) is 0 Å². The normalized spacial score (nSPS) is 45.0. The largest absolute Gasteiger partial charge is 0.376 e. The molecule has 2 saturated heterocycles. The van der Waals surface area contributed by atoms with Crippen molar-refractivity contribution in [1.29, 1.82) is 0 Å². The van der Waals surface area contributed by atoms with Gasteiger partial charge in [-0.25, -0.2) is 0 Å². The molecule has 0 aliphatic carbocycles. The third kappa shape index (κ3) is 1.57. The van der Waals surface area contributed by atoms with Gasteiger partial charge >= 0.3 is 0 Å². The second kappa shape index (κ2) is 3.11. The van der Waals surface area contributed by atoms with Gasteiger partial charge in [0.15, 0.2) is 0 Å². The lowest BCUT2D eigenvalue weighted by Gasteiger charge is -2.17. The zero-order valence-corrected chi connectivity index (χ0v) is 7.08. The molecule has 0 unspecified atom stereocenters. The van der Waals surface area contributed by atoms with Gasteiger partial charge in [0.25, 0.3) is 0 Å². The van der Waals surface area contributed by atoms with E-state index in [0.717, 1.165) is 6.61 Å². The highest BCUT2D eigenvalue weighted by Crippen LogP contribution is 2.28. The van der Waals surface area contributed by atoms with Crippen LogP contribution in [0.4, 0.5) is 0 Å². The van der Waals surface area contributed by atoms with E-state index < -0.39 is 0 Å². The molecular formula is C9H16O2. The number of hydrogen-bond acceptors (Lipinski definition) is 2. The first-order valence-corrected chi connectivity index (χ1v) is 4.63. The molecule has 2 fully saturated rings. The van der Waals surface area contributed by atoms with Gasteiger partial charge in [0.2, 0.25) is 0 Å². The second-order valence-electron chi connectivity index (χ2n) is 3.61. The van der Waals surface area contributed by atoms with Crippen LogP contribution in [-0.4, -0.2) is 24.9 Å². The molecule has 2 rings (SSSR count). The van der Waals surface area contributed by atoms with E-state index in [9.17, 15) is 0 Å². The van der Waals surface area contributed by atoms with Crippen LogP contribution in [0.15, 0.2) is 0 Å². The number of hydrogen-bond donors (Lipinski definition) is 0. The summed E-state index contributed by atoms with van der Waals surface area (Å²) in [7, 11) is 0. The van der Waals surface area contributed by atoms with Gasteiger partial charge < -0.3 is 9.47 Å². The molecule has 0 radical (unpaired) electrons. The Balaban J connectivity index is 1.85. The van der Waals surface area contributed by atoms with E-state index in [1.165, 1.54) is 25.7 Å². The van der Waals surface area contributed by atoms with Gasteiger partial charge in [-0.3, -0.25) is 0 Å². The van der Waals surface area contributed by atoms with E-state index in [4.69, 9.17) is 9.47 Å². The summed E-state index contributed by atoms with van der Waals surface area (Å²) in [6, 6.07) is 0. The molecule has 2 nitrogen and oxygen atoms in total. The standard InChI is InChI=1S/C9H16O2/c1-7-4-5-9(11-7)8-3-2-6-10-8/h7-9H,2-6H2,1H3/t7-,8-,9+/m0/s1. The van der Waals surface area contributed by atoms with Crippen molar-refractivity contribution in [2.45, 2.75) is 50.9 Å². The Kier molecular flexibility index (Phi) is 2.14. The molecule has 0 amide bonds. The Bertz CT molecular complexity index is 130. The van der Waals surface area contributed by atoms with E-state index in [-0.39, 0.29) is 0 Å². The number of ether oxygens (including phenoxy) is 2. The molecule has 0 saturated carbocycles. The number of rotatable bonds is 1. The third-order valence-electron chi connectivity index (χ3n) is 2.64. The van der Waals surface area contributed by atoms with Gasteiger partial charge in [0, 0.05) is 6.61 Å². The fourth-order valence-corrected chi connectivity index (χ4v) is 2.00. The van der Waals surface area contributed by atoms with Crippen molar-refractivity contribution in [1.82, 2.24) is 0 Å². The zero-order chi connectivity index (χ0) is 7.68. The molecule has 2 aliphatic rings. The first-order chi connectivity index (χ1) is 5.36. The molecule has 0 spiro atoms. The van der Waals surface area contributed by atoms with Gasteiger partial charge in [0.05, 0.1) is 18.3 Å². The Morgan fingerprint density at radius 2 is 2.00 bits per heavy atom. The van der Waals surface area contributed by atoms with Crippen molar-refractivity contribution < 1.29 is 9.47 Å². The fraction of sp³-hybridized carbons (Fsp3) is 1.00. The first-order valence-electron chi connectivity index (χ1n) is 4.63. The van der Waals surface area contributed by atoms with Crippen LogP contribution in [0.25, 0.3) is 0 Å². The monoisotopic (exact) mass is 156 g/mol. The lowest BCUT2D eigenvalue weighted by molar-refractivity contribution is -0.0398. The van der Waals surface area contributed by atoms with Gasteiger partial charge in [-0.15, -0.1) is 0 Å². The lowest BCUT2D eigenvalue weighted by atomic mass is 10.1. The van der Waals surface area contributed by atoms with Crippen LogP contribution < -0.4 is 0 Å². The predicted molar refractivity (Wildman–Crippen MR) is 42.5 cm³/mol. The van der Waals surface area contributed by atoms with E-state index in [2.05, 4.69) is 6.92 Å². The van der Waals surface area contributed by atoms with Crippen molar-refractivity contribution in [3.63, 3.8) is 0 Å². The van der Waals surface area contributed by atoms with Crippen LogP contribution >= 0.6 is 0 Å². The third-order valence-corrected chi connectivity index (χ3v) is 2.64. The molecule has 0 bridgehead atoms. The summed E-state index contributed by atoms with van der Waals surface area (Å²) < 4.78 is 11.3. The first kappa shape index (κ1) is 7.56.